The lowest BCUT2D eigenvalue weighted by molar-refractivity contribution is 0.134. The van der Waals surface area contributed by atoms with Gasteiger partial charge in [-0.25, -0.2) is 0 Å². The monoisotopic (exact) mass is 287 g/mol. The van der Waals surface area contributed by atoms with Crippen LogP contribution in [0.15, 0.2) is 42.5 Å². The first kappa shape index (κ1) is 15.2. The molecule has 2 aromatic carbocycles. The van der Waals surface area contributed by atoms with E-state index in [0.29, 0.717) is 25.5 Å². The number of para-hydroxylation sites is 1. The van der Waals surface area contributed by atoms with Gasteiger partial charge in [0.25, 0.3) is 0 Å². The molecule has 0 saturated carbocycles. The Morgan fingerprint density at radius 3 is 2.71 bits per heavy atom. The first-order valence-electron chi connectivity index (χ1n) is 7.00. The van der Waals surface area contributed by atoms with E-state index in [0.717, 1.165) is 16.8 Å². The van der Waals surface area contributed by atoms with E-state index in [9.17, 15) is 5.11 Å². The predicted octanol–water partition coefficient (Wildman–Crippen LogP) is 3.55. The standard InChI is InChI=1S/C17H21NO3/c1-3-21-12-14-6-4-5-7-15(14)18-11-13-8-9-16(19)17(10-13)20-2/h4-10,18-19H,3,11-12H2,1-2H3. The number of ether oxygens (including phenoxy) is 2. The maximum absolute atomic E-state index is 9.60. The van der Waals surface area contributed by atoms with Gasteiger partial charge >= 0.3 is 0 Å². The van der Waals surface area contributed by atoms with Crippen LogP contribution in [0.5, 0.6) is 11.5 Å². The molecule has 4 heteroatoms. The van der Waals surface area contributed by atoms with Crippen LogP contribution < -0.4 is 10.1 Å². The summed E-state index contributed by atoms with van der Waals surface area (Å²) in [5, 5.41) is 13.0. The van der Waals surface area contributed by atoms with E-state index in [1.54, 1.807) is 13.2 Å². The van der Waals surface area contributed by atoms with Crippen LogP contribution in [0, 0.1) is 0 Å². The molecule has 2 aromatic rings. The Bertz CT molecular complexity index is 584. The van der Waals surface area contributed by atoms with Gasteiger partial charge in [0.2, 0.25) is 0 Å². The quantitative estimate of drug-likeness (QED) is 0.817. The van der Waals surface area contributed by atoms with Crippen molar-refractivity contribution in [2.24, 2.45) is 0 Å². The van der Waals surface area contributed by atoms with Gasteiger partial charge in [-0.3, -0.25) is 0 Å². The van der Waals surface area contributed by atoms with Crippen LogP contribution in [0.25, 0.3) is 0 Å². The molecule has 0 radical (unpaired) electrons. The third kappa shape index (κ3) is 4.13. The smallest absolute Gasteiger partial charge is 0.160 e. The average molecular weight is 287 g/mol. The van der Waals surface area contributed by atoms with Crippen molar-refractivity contribution in [1.29, 1.82) is 0 Å². The molecule has 0 fully saturated rings. The maximum atomic E-state index is 9.60. The molecule has 0 aliphatic heterocycles. The van der Waals surface area contributed by atoms with Gasteiger partial charge in [-0.1, -0.05) is 24.3 Å². The first-order chi connectivity index (χ1) is 10.2. The molecule has 0 atom stereocenters. The molecule has 0 spiro atoms. The Kier molecular flexibility index (Phi) is 5.46. The molecular weight excluding hydrogens is 266 g/mol. The number of methoxy groups -OCH3 is 1. The molecule has 0 unspecified atom stereocenters. The summed E-state index contributed by atoms with van der Waals surface area (Å²) in [7, 11) is 1.55. The number of benzene rings is 2. The van der Waals surface area contributed by atoms with Crippen molar-refractivity contribution in [2.75, 3.05) is 19.0 Å². The second kappa shape index (κ2) is 7.55. The summed E-state index contributed by atoms with van der Waals surface area (Å²) >= 11 is 0. The minimum absolute atomic E-state index is 0.151. The summed E-state index contributed by atoms with van der Waals surface area (Å²) in [5.74, 6) is 0.634. The van der Waals surface area contributed by atoms with Crippen molar-refractivity contribution >= 4 is 5.69 Å². The van der Waals surface area contributed by atoms with Crippen LogP contribution in [0.3, 0.4) is 0 Å². The third-order valence-corrected chi connectivity index (χ3v) is 3.21. The van der Waals surface area contributed by atoms with Gasteiger partial charge in [0.1, 0.15) is 0 Å². The highest BCUT2D eigenvalue weighted by molar-refractivity contribution is 5.51. The van der Waals surface area contributed by atoms with Gasteiger partial charge in [-0.05, 0) is 30.7 Å². The summed E-state index contributed by atoms with van der Waals surface area (Å²) in [6.45, 7) is 3.93. The number of hydrogen-bond donors (Lipinski definition) is 2. The predicted molar refractivity (Wildman–Crippen MR) is 83.8 cm³/mol. The molecule has 0 amide bonds. The van der Waals surface area contributed by atoms with Crippen LogP contribution in [-0.2, 0) is 17.9 Å². The lowest BCUT2D eigenvalue weighted by Crippen LogP contribution is -2.04. The zero-order chi connectivity index (χ0) is 15.1. The van der Waals surface area contributed by atoms with Crippen LogP contribution in [-0.4, -0.2) is 18.8 Å². The minimum Gasteiger partial charge on any atom is -0.504 e. The van der Waals surface area contributed by atoms with Crippen molar-refractivity contribution in [2.45, 2.75) is 20.1 Å². The van der Waals surface area contributed by atoms with E-state index in [4.69, 9.17) is 9.47 Å². The van der Waals surface area contributed by atoms with Gasteiger partial charge in [-0.15, -0.1) is 0 Å². The molecule has 112 valence electrons. The van der Waals surface area contributed by atoms with E-state index in [2.05, 4.69) is 11.4 Å². The van der Waals surface area contributed by atoms with Gasteiger partial charge < -0.3 is 19.9 Å². The van der Waals surface area contributed by atoms with E-state index < -0.39 is 0 Å². The molecule has 2 N–H and O–H groups in total. The Morgan fingerprint density at radius 2 is 1.95 bits per heavy atom. The fourth-order valence-electron chi connectivity index (χ4n) is 2.06. The second-order valence-electron chi connectivity index (χ2n) is 4.65. The SMILES string of the molecule is CCOCc1ccccc1NCc1ccc(O)c(OC)c1. The molecule has 0 aliphatic carbocycles. The third-order valence-electron chi connectivity index (χ3n) is 3.21. The topological polar surface area (TPSA) is 50.7 Å². The van der Waals surface area contributed by atoms with E-state index in [1.165, 1.54) is 0 Å². The molecule has 0 aromatic heterocycles. The normalized spacial score (nSPS) is 10.4. The van der Waals surface area contributed by atoms with Crippen LogP contribution in [0.1, 0.15) is 18.1 Å². The Balaban J connectivity index is 2.06. The second-order valence-corrected chi connectivity index (χ2v) is 4.65. The fourth-order valence-corrected chi connectivity index (χ4v) is 2.06. The molecular formula is C17H21NO3. The Labute approximate surface area is 125 Å². The number of anilines is 1. The van der Waals surface area contributed by atoms with Crippen molar-refractivity contribution in [3.8, 4) is 11.5 Å². The van der Waals surface area contributed by atoms with E-state index >= 15 is 0 Å². The number of phenols is 1. The maximum Gasteiger partial charge on any atom is 0.160 e. The summed E-state index contributed by atoms with van der Waals surface area (Å²) in [4.78, 5) is 0. The highest BCUT2D eigenvalue weighted by Gasteiger charge is 2.04. The molecule has 0 bridgehead atoms. The zero-order valence-corrected chi connectivity index (χ0v) is 12.4. The van der Waals surface area contributed by atoms with Crippen molar-refractivity contribution in [3.05, 3.63) is 53.6 Å². The molecule has 2 rings (SSSR count). The van der Waals surface area contributed by atoms with Crippen LogP contribution >= 0.6 is 0 Å². The van der Waals surface area contributed by atoms with Crippen molar-refractivity contribution < 1.29 is 14.6 Å². The molecule has 4 nitrogen and oxygen atoms in total. The summed E-state index contributed by atoms with van der Waals surface area (Å²) in [6, 6.07) is 13.4. The Hall–Kier alpha value is -2.20. The Morgan fingerprint density at radius 1 is 1.14 bits per heavy atom. The zero-order valence-electron chi connectivity index (χ0n) is 12.4. The highest BCUT2D eigenvalue weighted by Crippen LogP contribution is 2.27. The highest BCUT2D eigenvalue weighted by atomic mass is 16.5. The van der Waals surface area contributed by atoms with E-state index in [1.807, 2.05) is 37.3 Å². The van der Waals surface area contributed by atoms with Gasteiger partial charge in [-0.2, -0.15) is 0 Å². The van der Waals surface area contributed by atoms with Crippen molar-refractivity contribution in [3.63, 3.8) is 0 Å². The van der Waals surface area contributed by atoms with Crippen LogP contribution in [0.2, 0.25) is 0 Å². The lowest BCUT2D eigenvalue weighted by Gasteiger charge is -2.13. The number of phenolic OH excluding ortho intramolecular Hbond substituents is 1. The molecule has 0 heterocycles. The van der Waals surface area contributed by atoms with Gasteiger partial charge in [0.15, 0.2) is 11.5 Å². The molecule has 0 saturated heterocycles. The average Bonchev–Trinajstić information content (AvgIpc) is 2.53. The first-order valence-corrected chi connectivity index (χ1v) is 7.00. The summed E-state index contributed by atoms with van der Waals surface area (Å²) in [6.07, 6.45) is 0. The number of aromatic hydroxyl groups is 1. The number of nitrogens with one attached hydrogen (secondary N) is 1. The number of hydrogen-bond acceptors (Lipinski definition) is 4. The molecule has 21 heavy (non-hydrogen) atoms. The van der Waals surface area contributed by atoms with Gasteiger partial charge in [0, 0.05) is 24.4 Å². The summed E-state index contributed by atoms with van der Waals surface area (Å²) in [5.41, 5.74) is 3.22. The van der Waals surface area contributed by atoms with Gasteiger partial charge in [0.05, 0.1) is 13.7 Å². The van der Waals surface area contributed by atoms with Crippen LogP contribution in [0.4, 0.5) is 5.69 Å². The van der Waals surface area contributed by atoms with Crippen molar-refractivity contribution in [1.82, 2.24) is 0 Å². The summed E-state index contributed by atoms with van der Waals surface area (Å²) < 4.78 is 10.6. The largest absolute Gasteiger partial charge is 0.504 e. The van der Waals surface area contributed by atoms with E-state index in [-0.39, 0.29) is 5.75 Å². The molecule has 0 aliphatic rings. The fraction of sp³-hybridized carbons (Fsp3) is 0.294. The minimum atomic E-state index is 0.151. The number of rotatable bonds is 7. The lowest BCUT2D eigenvalue weighted by atomic mass is 10.1.